The van der Waals surface area contributed by atoms with Crippen LogP contribution < -0.4 is 5.73 Å². The molecule has 0 aromatic rings. The molecule has 1 unspecified atom stereocenters. The van der Waals surface area contributed by atoms with E-state index in [0.717, 1.165) is 6.92 Å². The van der Waals surface area contributed by atoms with E-state index >= 15 is 0 Å². The fourth-order valence-electron chi connectivity index (χ4n) is 1.61. The van der Waals surface area contributed by atoms with E-state index in [9.17, 15) is 24.0 Å². The molecule has 0 spiro atoms. The Kier molecular flexibility index (Phi) is 7.00. The maximum atomic E-state index is 11.9. The van der Waals surface area contributed by atoms with Crippen molar-refractivity contribution >= 4 is 29.7 Å². The molecular formula is C11H16N2O8. The topological polar surface area (TPSA) is 175 Å². The number of carboxylic acids is 3. The van der Waals surface area contributed by atoms with E-state index in [1.807, 2.05) is 0 Å². The van der Waals surface area contributed by atoms with Gasteiger partial charge >= 0.3 is 17.9 Å². The van der Waals surface area contributed by atoms with E-state index in [0.29, 0.717) is 4.90 Å². The fraction of sp³-hybridized carbons (Fsp3) is 0.545. The van der Waals surface area contributed by atoms with Gasteiger partial charge in [0.05, 0.1) is 12.5 Å². The summed E-state index contributed by atoms with van der Waals surface area (Å²) in [5.41, 5.74) is 5.32. The third-order valence-corrected chi connectivity index (χ3v) is 2.52. The van der Waals surface area contributed by atoms with Crippen LogP contribution in [0.25, 0.3) is 0 Å². The lowest BCUT2D eigenvalue weighted by atomic mass is 10.1. The minimum absolute atomic E-state index is 0.291. The third-order valence-electron chi connectivity index (χ3n) is 2.52. The standard InChI is InChI=1S/C11H16N2O8/c1-5(14)13(10(19)6(12)4-9(17)18)7(11(20)21)2-3-8(15)16/h6-7H,2-4,12H2,1H3,(H,15,16)(H,17,18)(H,20,21)/t6?,7-/m0/s1. The summed E-state index contributed by atoms with van der Waals surface area (Å²) in [5.74, 6) is -6.41. The molecule has 0 aromatic carbocycles. The number of nitrogens with zero attached hydrogens (tertiary/aromatic N) is 1. The molecule has 10 nitrogen and oxygen atoms in total. The van der Waals surface area contributed by atoms with Crippen LogP contribution in [0.15, 0.2) is 0 Å². The van der Waals surface area contributed by atoms with Gasteiger partial charge in [-0.3, -0.25) is 24.1 Å². The zero-order chi connectivity index (χ0) is 16.7. The quantitative estimate of drug-likeness (QED) is 0.415. The van der Waals surface area contributed by atoms with Gasteiger partial charge in [-0.1, -0.05) is 0 Å². The molecule has 0 heterocycles. The average molecular weight is 304 g/mol. The number of carbonyl (C=O) groups is 5. The molecule has 2 atom stereocenters. The highest BCUT2D eigenvalue weighted by Crippen LogP contribution is 2.11. The Hall–Kier alpha value is -2.49. The molecule has 0 rings (SSSR count). The highest BCUT2D eigenvalue weighted by Gasteiger charge is 2.36. The van der Waals surface area contributed by atoms with Crippen LogP contribution in [0.4, 0.5) is 0 Å². The van der Waals surface area contributed by atoms with Gasteiger partial charge in [0.1, 0.15) is 6.04 Å². The summed E-state index contributed by atoms with van der Waals surface area (Å²) in [6, 6.07) is -3.32. The van der Waals surface area contributed by atoms with Crippen LogP contribution in [0.5, 0.6) is 0 Å². The predicted octanol–water partition coefficient (Wildman–Crippen LogP) is -1.52. The first kappa shape index (κ1) is 18.5. The fourth-order valence-corrected chi connectivity index (χ4v) is 1.61. The average Bonchev–Trinajstić information content (AvgIpc) is 2.31. The van der Waals surface area contributed by atoms with Gasteiger partial charge in [0, 0.05) is 13.3 Å². The molecule has 10 heteroatoms. The molecular weight excluding hydrogens is 288 g/mol. The molecule has 0 fully saturated rings. The lowest BCUT2D eigenvalue weighted by Crippen LogP contribution is -2.54. The number of aliphatic carboxylic acids is 3. The number of imide groups is 1. The molecule has 21 heavy (non-hydrogen) atoms. The van der Waals surface area contributed by atoms with E-state index in [1.54, 1.807) is 0 Å². The number of hydrogen-bond donors (Lipinski definition) is 4. The van der Waals surface area contributed by atoms with Crippen molar-refractivity contribution in [2.75, 3.05) is 0 Å². The summed E-state index contributed by atoms with van der Waals surface area (Å²) in [7, 11) is 0. The van der Waals surface area contributed by atoms with Crippen LogP contribution in [-0.2, 0) is 24.0 Å². The summed E-state index contributed by atoms with van der Waals surface area (Å²) in [5, 5.41) is 26.1. The molecule has 118 valence electrons. The Morgan fingerprint density at radius 1 is 1.05 bits per heavy atom. The second-order valence-corrected chi connectivity index (χ2v) is 4.22. The van der Waals surface area contributed by atoms with Crippen molar-refractivity contribution in [2.24, 2.45) is 5.73 Å². The minimum atomic E-state index is -1.72. The van der Waals surface area contributed by atoms with E-state index in [4.69, 9.17) is 21.1 Å². The number of carbonyl (C=O) groups excluding carboxylic acids is 2. The normalized spacial score (nSPS) is 13.0. The minimum Gasteiger partial charge on any atom is -0.481 e. The van der Waals surface area contributed by atoms with E-state index in [-0.39, 0.29) is 0 Å². The number of amides is 2. The number of hydrogen-bond acceptors (Lipinski definition) is 6. The Bertz CT molecular complexity index is 461. The molecule has 5 N–H and O–H groups in total. The van der Waals surface area contributed by atoms with Gasteiger partial charge in [0.2, 0.25) is 11.8 Å². The summed E-state index contributed by atoms with van der Waals surface area (Å²) in [6.45, 7) is 0.905. The third kappa shape index (κ3) is 5.99. The summed E-state index contributed by atoms with van der Waals surface area (Å²) < 4.78 is 0. The van der Waals surface area contributed by atoms with Gasteiger partial charge in [0.25, 0.3) is 0 Å². The lowest BCUT2D eigenvalue weighted by molar-refractivity contribution is -0.159. The van der Waals surface area contributed by atoms with Crippen LogP contribution in [0, 0.1) is 0 Å². The molecule has 0 saturated carbocycles. The van der Waals surface area contributed by atoms with Crippen LogP contribution in [-0.4, -0.2) is 62.0 Å². The highest BCUT2D eigenvalue weighted by molar-refractivity contribution is 6.01. The van der Waals surface area contributed by atoms with E-state index in [1.165, 1.54) is 0 Å². The maximum Gasteiger partial charge on any atom is 0.326 e. The van der Waals surface area contributed by atoms with Crippen LogP contribution >= 0.6 is 0 Å². The zero-order valence-electron chi connectivity index (χ0n) is 11.2. The largest absolute Gasteiger partial charge is 0.481 e. The van der Waals surface area contributed by atoms with E-state index in [2.05, 4.69) is 0 Å². The van der Waals surface area contributed by atoms with Crippen molar-refractivity contribution < 1.29 is 39.3 Å². The highest BCUT2D eigenvalue weighted by atomic mass is 16.4. The number of carboxylic acid groups (broad SMARTS) is 3. The van der Waals surface area contributed by atoms with Crippen molar-refractivity contribution in [1.82, 2.24) is 4.90 Å². The molecule has 2 amide bonds. The number of nitrogens with two attached hydrogens (primary N) is 1. The van der Waals surface area contributed by atoms with Crippen molar-refractivity contribution in [3.05, 3.63) is 0 Å². The van der Waals surface area contributed by atoms with Gasteiger partial charge in [-0.25, -0.2) is 4.79 Å². The maximum absolute atomic E-state index is 11.9. The van der Waals surface area contributed by atoms with Gasteiger partial charge in [0.15, 0.2) is 0 Å². The van der Waals surface area contributed by atoms with Crippen LogP contribution in [0.3, 0.4) is 0 Å². The molecule has 0 radical (unpaired) electrons. The first-order chi connectivity index (χ1) is 9.57. The summed E-state index contributed by atoms with van der Waals surface area (Å²) >= 11 is 0. The van der Waals surface area contributed by atoms with Crippen molar-refractivity contribution in [3.8, 4) is 0 Å². The molecule has 0 aliphatic rings. The molecule has 0 aromatic heterocycles. The van der Waals surface area contributed by atoms with Gasteiger partial charge in [-0.05, 0) is 6.42 Å². The first-order valence-corrected chi connectivity index (χ1v) is 5.83. The second-order valence-electron chi connectivity index (χ2n) is 4.22. The summed E-state index contributed by atoms with van der Waals surface area (Å²) in [4.78, 5) is 55.8. The Morgan fingerprint density at radius 3 is 1.90 bits per heavy atom. The lowest BCUT2D eigenvalue weighted by Gasteiger charge is -2.27. The zero-order valence-corrected chi connectivity index (χ0v) is 11.2. The molecule has 0 saturated heterocycles. The Labute approximate surface area is 119 Å². The van der Waals surface area contributed by atoms with Crippen LogP contribution in [0.2, 0.25) is 0 Å². The molecule has 0 bridgehead atoms. The van der Waals surface area contributed by atoms with Gasteiger partial charge < -0.3 is 21.1 Å². The molecule has 0 aliphatic heterocycles. The first-order valence-electron chi connectivity index (χ1n) is 5.83. The van der Waals surface area contributed by atoms with Crippen LogP contribution in [0.1, 0.15) is 26.2 Å². The van der Waals surface area contributed by atoms with E-state index < -0.39 is 61.1 Å². The SMILES string of the molecule is CC(=O)N(C(=O)C(N)CC(=O)O)[C@@H](CCC(=O)O)C(=O)O. The number of rotatable bonds is 8. The predicted molar refractivity (Wildman–Crippen MR) is 66.0 cm³/mol. The Morgan fingerprint density at radius 2 is 1.57 bits per heavy atom. The monoisotopic (exact) mass is 304 g/mol. The second kappa shape index (κ2) is 7.94. The van der Waals surface area contributed by atoms with Crippen molar-refractivity contribution in [3.63, 3.8) is 0 Å². The summed E-state index contributed by atoms with van der Waals surface area (Å²) in [6.07, 6.45) is -1.87. The van der Waals surface area contributed by atoms with Gasteiger partial charge in [-0.15, -0.1) is 0 Å². The van der Waals surface area contributed by atoms with Crippen molar-refractivity contribution in [2.45, 2.75) is 38.3 Å². The van der Waals surface area contributed by atoms with Gasteiger partial charge in [-0.2, -0.15) is 0 Å². The Balaban J connectivity index is 5.26. The van der Waals surface area contributed by atoms with Crippen molar-refractivity contribution in [1.29, 1.82) is 0 Å². The smallest absolute Gasteiger partial charge is 0.326 e. The molecule has 0 aliphatic carbocycles.